The van der Waals surface area contributed by atoms with Gasteiger partial charge in [-0.05, 0) is 43.0 Å². The smallest absolute Gasteiger partial charge is 0.0406 e. The normalized spacial score (nSPS) is 14.2. The fourth-order valence-electron chi connectivity index (χ4n) is 2.62. The number of rotatable bonds is 10. The monoisotopic (exact) mass is 295 g/mol. The van der Waals surface area contributed by atoms with Gasteiger partial charge in [0.25, 0.3) is 0 Å². The Morgan fingerprint density at radius 3 is 2.25 bits per heavy atom. The van der Waals surface area contributed by atoms with Gasteiger partial charge < -0.3 is 5.32 Å². The van der Waals surface area contributed by atoms with Gasteiger partial charge in [0.1, 0.15) is 0 Å². The van der Waals surface area contributed by atoms with E-state index in [1.54, 1.807) is 0 Å². The van der Waals surface area contributed by atoms with E-state index in [4.69, 9.17) is 11.6 Å². The zero-order valence-corrected chi connectivity index (χ0v) is 14.0. The van der Waals surface area contributed by atoms with Gasteiger partial charge in [0.15, 0.2) is 0 Å². The molecule has 114 valence electrons. The third kappa shape index (κ3) is 6.28. The van der Waals surface area contributed by atoms with Crippen molar-refractivity contribution in [2.75, 3.05) is 6.54 Å². The Morgan fingerprint density at radius 2 is 1.70 bits per heavy atom. The van der Waals surface area contributed by atoms with Crippen molar-refractivity contribution in [3.05, 3.63) is 34.9 Å². The van der Waals surface area contributed by atoms with Gasteiger partial charge in [-0.15, -0.1) is 0 Å². The molecule has 0 spiro atoms. The van der Waals surface area contributed by atoms with E-state index in [-0.39, 0.29) is 0 Å². The van der Waals surface area contributed by atoms with E-state index in [0.29, 0.717) is 6.04 Å². The molecular formula is C18H30ClN. The highest BCUT2D eigenvalue weighted by atomic mass is 35.5. The fourth-order valence-corrected chi connectivity index (χ4v) is 2.75. The predicted octanol–water partition coefficient (Wildman–Crippen LogP) is 5.99. The van der Waals surface area contributed by atoms with Gasteiger partial charge in [0.05, 0.1) is 0 Å². The fraction of sp³-hybridized carbons (Fsp3) is 0.667. The summed E-state index contributed by atoms with van der Waals surface area (Å²) in [5.74, 6) is 0.807. The molecule has 0 amide bonds. The Bertz CT molecular complexity index is 347. The second-order valence-corrected chi connectivity index (χ2v) is 6.15. The van der Waals surface area contributed by atoms with Gasteiger partial charge in [0.2, 0.25) is 0 Å². The average molecular weight is 296 g/mol. The summed E-state index contributed by atoms with van der Waals surface area (Å²) in [5, 5.41) is 4.59. The summed E-state index contributed by atoms with van der Waals surface area (Å²) in [6.45, 7) is 7.95. The number of hydrogen-bond acceptors (Lipinski definition) is 1. The highest BCUT2D eigenvalue weighted by molar-refractivity contribution is 6.30. The van der Waals surface area contributed by atoms with E-state index >= 15 is 0 Å². The van der Waals surface area contributed by atoms with Gasteiger partial charge in [-0.25, -0.2) is 0 Å². The minimum atomic E-state index is 0.466. The Hall–Kier alpha value is -0.530. The first-order valence-electron chi connectivity index (χ1n) is 8.20. The van der Waals surface area contributed by atoms with E-state index in [9.17, 15) is 0 Å². The van der Waals surface area contributed by atoms with Crippen molar-refractivity contribution >= 4 is 11.6 Å². The molecule has 0 aliphatic rings. The first-order valence-corrected chi connectivity index (χ1v) is 8.57. The highest BCUT2D eigenvalue weighted by Gasteiger charge is 2.13. The SMILES string of the molecule is CCCCC(CC)CNC(CCC)c1ccc(Cl)cc1. The van der Waals surface area contributed by atoms with Crippen molar-refractivity contribution in [1.82, 2.24) is 5.32 Å². The summed E-state index contributed by atoms with van der Waals surface area (Å²) in [4.78, 5) is 0. The number of benzene rings is 1. The second-order valence-electron chi connectivity index (χ2n) is 5.72. The Kier molecular flexibility index (Phi) is 8.97. The lowest BCUT2D eigenvalue weighted by atomic mass is 9.97. The van der Waals surface area contributed by atoms with Crippen LogP contribution in [0, 0.1) is 5.92 Å². The molecule has 2 heteroatoms. The van der Waals surface area contributed by atoms with Gasteiger partial charge in [0, 0.05) is 11.1 Å². The molecule has 1 aromatic carbocycles. The zero-order valence-electron chi connectivity index (χ0n) is 13.3. The minimum Gasteiger partial charge on any atom is -0.310 e. The Balaban J connectivity index is 2.55. The van der Waals surface area contributed by atoms with Crippen LogP contribution < -0.4 is 5.32 Å². The van der Waals surface area contributed by atoms with Crippen LogP contribution >= 0.6 is 11.6 Å². The van der Waals surface area contributed by atoms with Crippen molar-refractivity contribution < 1.29 is 0 Å². The standard InChI is InChI=1S/C18H30ClN/c1-4-7-9-15(6-3)14-20-18(8-5-2)16-10-12-17(19)13-11-16/h10-13,15,18,20H,4-9,14H2,1-3H3. The van der Waals surface area contributed by atoms with Crippen LogP contribution in [0.5, 0.6) is 0 Å². The zero-order chi connectivity index (χ0) is 14.8. The van der Waals surface area contributed by atoms with Crippen LogP contribution in [0.4, 0.5) is 0 Å². The molecule has 0 heterocycles. The summed E-state index contributed by atoms with van der Waals surface area (Å²) in [5.41, 5.74) is 1.36. The van der Waals surface area contributed by atoms with Crippen LogP contribution in [0.1, 0.15) is 70.9 Å². The summed E-state index contributed by atoms with van der Waals surface area (Å²) in [6.07, 6.45) is 7.65. The summed E-state index contributed by atoms with van der Waals surface area (Å²) >= 11 is 5.98. The maximum atomic E-state index is 5.98. The average Bonchev–Trinajstić information content (AvgIpc) is 2.47. The number of halogens is 1. The molecule has 0 saturated carbocycles. The molecule has 2 unspecified atom stereocenters. The van der Waals surface area contributed by atoms with E-state index in [2.05, 4.69) is 38.2 Å². The maximum absolute atomic E-state index is 5.98. The first kappa shape index (κ1) is 17.5. The topological polar surface area (TPSA) is 12.0 Å². The van der Waals surface area contributed by atoms with E-state index in [1.807, 2.05) is 12.1 Å². The number of hydrogen-bond donors (Lipinski definition) is 1. The summed E-state index contributed by atoms with van der Waals surface area (Å²) < 4.78 is 0. The molecule has 20 heavy (non-hydrogen) atoms. The summed E-state index contributed by atoms with van der Waals surface area (Å²) in [6, 6.07) is 8.77. The third-order valence-electron chi connectivity index (χ3n) is 4.05. The van der Waals surface area contributed by atoms with Crippen LogP contribution in [0.3, 0.4) is 0 Å². The van der Waals surface area contributed by atoms with Crippen LogP contribution in [-0.2, 0) is 0 Å². The van der Waals surface area contributed by atoms with Gasteiger partial charge in [-0.2, -0.15) is 0 Å². The Morgan fingerprint density at radius 1 is 1.00 bits per heavy atom. The van der Waals surface area contributed by atoms with Crippen LogP contribution in [0.15, 0.2) is 24.3 Å². The van der Waals surface area contributed by atoms with E-state index in [0.717, 1.165) is 17.5 Å². The van der Waals surface area contributed by atoms with Crippen molar-refractivity contribution in [1.29, 1.82) is 0 Å². The molecule has 0 fully saturated rings. The van der Waals surface area contributed by atoms with Crippen molar-refractivity contribution in [3.8, 4) is 0 Å². The minimum absolute atomic E-state index is 0.466. The number of unbranched alkanes of at least 4 members (excludes halogenated alkanes) is 1. The lowest BCUT2D eigenvalue weighted by Gasteiger charge is -2.23. The van der Waals surface area contributed by atoms with Crippen LogP contribution in [0.25, 0.3) is 0 Å². The van der Waals surface area contributed by atoms with Crippen LogP contribution in [-0.4, -0.2) is 6.54 Å². The lowest BCUT2D eigenvalue weighted by Crippen LogP contribution is -2.27. The maximum Gasteiger partial charge on any atom is 0.0406 e. The van der Waals surface area contributed by atoms with Crippen molar-refractivity contribution in [2.24, 2.45) is 5.92 Å². The predicted molar refractivity (Wildman–Crippen MR) is 90.4 cm³/mol. The van der Waals surface area contributed by atoms with Crippen LogP contribution in [0.2, 0.25) is 5.02 Å². The largest absolute Gasteiger partial charge is 0.310 e. The molecule has 0 radical (unpaired) electrons. The van der Waals surface area contributed by atoms with Gasteiger partial charge in [-0.3, -0.25) is 0 Å². The quantitative estimate of drug-likeness (QED) is 0.559. The number of nitrogens with one attached hydrogen (secondary N) is 1. The molecule has 2 atom stereocenters. The lowest BCUT2D eigenvalue weighted by molar-refractivity contribution is 0.380. The van der Waals surface area contributed by atoms with Crippen molar-refractivity contribution in [3.63, 3.8) is 0 Å². The molecule has 1 aromatic rings. The Labute approximate surface area is 130 Å². The van der Waals surface area contributed by atoms with E-state index < -0.39 is 0 Å². The first-order chi connectivity index (χ1) is 9.71. The molecule has 0 saturated heterocycles. The van der Waals surface area contributed by atoms with E-state index in [1.165, 1.54) is 44.1 Å². The third-order valence-corrected chi connectivity index (χ3v) is 4.30. The van der Waals surface area contributed by atoms with Gasteiger partial charge in [-0.1, -0.05) is 70.2 Å². The molecule has 0 aromatic heterocycles. The van der Waals surface area contributed by atoms with Crippen molar-refractivity contribution in [2.45, 2.75) is 65.3 Å². The molecule has 0 bridgehead atoms. The highest BCUT2D eigenvalue weighted by Crippen LogP contribution is 2.22. The molecule has 0 aliphatic heterocycles. The molecule has 0 aliphatic carbocycles. The second kappa shape index (κ2) is 10.2. The molecular weight excluding hydrogens is 266 g/mol. The molecule has 1 nitrogen and oxygen atoms in total. The van der Waals surface area contributed by atoms with Gasteiger partial charge >= 0.3 is 0 Å². The molecule has 1 rings (SSSR count). The molecule has 1 N–H and O–H groups in total. The summed E-state index contributed by atoms with van der Waals surface area (Å²) in [7, 11) is 0.